The van der Waals surface area contributed by atoms with Crippen LogP contribution in [0.1, 0.15) is 97.3 Å². The van der Waals surface area contributed by atoms with Gasteiger partial charge in [0.25, 0.3) is 0 Å². The Labute approximate surface area is 153 Å². The number of rotatable bonds is 15. The number of aliphatic carboxylic acids is 1. The molecule has 0 aliphatic heterocycles. The second kappa shape index (κ2) is 11.8. The maximum absolute atomic E-state index is 12.8. The molecule has 0 aliphatic rings. The maximum atomic E-state index is 12.8. The van der Waals surface area contributed by atoms with E-state index >= 15 is 0 Å². The fourth-order valence-electron chi connectivity index (χ4n) is 2.99. The molecular formula is C19H33F5O2. The van der Waals surface area contributed by atoms with Crippen LogP contribution in [-0.4, -0.2) is 23.2 Å². The van der Waals surface area contributed by atoms with Gasteiger partial charge in [-0.15, -0.1) is 0 Å². The number of hydrogen-bond acceptors (Lipinski definition) is 1. The van der Waals surface area contributed by atoms with Gasteiger partial charge in [0, 0.05) is 6.42 Å². The molecule has 1 atom stereocenters. The molecule has 0 heterocycles. The van der Waals surface area contributed by atoms with Crippen molar-refractivity contribution >= 4 is 5.97 Å². The van der Waals surface area contributed by atoms with Crippen molar-refractivity contribution in [3.05, 3.63) is 0 Å². The van der Waals surface area contributed by atoms with E-state index in [4.69, 9.17) is 0 Å². The second-order valence-electron chi connectivity index (χ2n) is 7.50. The molecule has 7 heteroatoms. The fraction of sp³-hybridized carbons (Fsp3) is 0.947. The van der Waals surface area contributed by atoms with Crippen molar-refractivity contribution in [2.24, 2.45) is 5.41 Å². The first-order valence-electron chi connectivity index (χ1n) is 9.64. The highest BCUT2D eigenvalue weighted by Gasteiger charge is 2.56. The first-order valence-corrected chi connectivity index (χ1v) is 9.64. The van der Waals surface area contributed by atoms with E-state index in [-0.39, 0.29) is 12.8 Å². The van der Waals surface area contributed by atoms with Gasteiger partial charge in [-0.2, -0.15) is 22.0 Å². The van der Waals surface area contributed by atoms with Gasteiger partial charge >= 0.3 is 18.1 Å². The summed E-state index contributed by atoms with van der Waals surface area (Å²) in [6, 6.07) is 0. The Morgan fingerprint density at radius 3 is 1.54 bits per heavy atom. The van der Waals surface area contributed by atoms with Crippen LogP contribution in [-0.2, 0) is 4.79 Å². The highest BCUT2D eigenvalue weighted by atomic mass is 19.4. The predicted octanol–water partition coefficient (Wildman–Crippen LogP) is 7.37. The lowest BCUT2D eigenvalue weighted by molar-refractivity contribution is -0.284. The van der Waals surface area contributed by atoms with Gasteiger partial charge in [-0.05, 0) is 26.2 Å². The molecule has 0 spiro atoms. The monoisotopic (exact) mass is 388 g/mol. The van der Waals surface area contributed by atoms with E-state index < -0.39 is 29.9 Å². The number of carboxylic acids is 1. The highest BCUT2D eigenvalue weighted by molar-refractivity contribution is 5.74. The van der Waals surface area contributed by atoms with Gasteiger partial charge in [0.1, 0.15) is 0 Å². The summed E-state index contributed by atoms with van der Waals surface area (Å²) in [6.07, 6.45) is 1.85. The van der Waals surface area contributed by atoms with Gasteiger partial charge in [-0.1, -0.05) is 64.7 Å². The summed E-state index contributed by atoms with van der Waals surface area (Å²) in [7, 11) is 0. The first kappa shape index (κ1) is 25.1. The predicted molar refractivity (Wildman–Crippen MR) is 92.4 cm³/mol. The SMILES string of the molecule is CCCCCCCCCC(C)(CCCCCC(F)(F)C(F)(F)F)C(=O)O. The third-order valence-corrected chi connectivity index (χ3v) is 4.98. The van der Waals surface area contributed by atoms with E-state index in [9.17, 15) is 31.9 Å². The second-order valence-corrected chi connectivity index (χ2v) is 7.50. The fourth-order valence-corrected chi connectivity index (χ4v) is 2.99. The lowest BCUT2D eigenvalue weighted by atomic mass is 9.79. The summed E-state index contributed by atoms with van der Waals surface area (Å²) < 4.78 is 61.9. The van der Waals surface area contributed by atoms with Crippen molar-refractivity contribution in [3.63, 3.8) is 0 Å². The van der Waals surface area contributed by atoms with Crippen molar-refractivity contribution in [1.29, 1.82) is 0 Å². The Morgan fingerprint density at radius 2 is 1.12 bits per heavy atom. The van der Waals surface area contributed by atoms with Crippen molar-refractivity contribution in [1.82, 2.24) is 0 Å². The van der Waals surface area contributed by atoms with Crippen LogP contribution in [0, 0.1) is 5.41 Å². The minimum Gasteiger partial charge on any atom is -0.481 e. The summed E-state index contributed by atoms with van der Waals surface area (Å²) in [5.74, 6) is -5.59. The third-order valence-electron chi connectivity index (χ3n) is 4.98. The highest BCUT2D eigenvalue weighted by Crippen LogP contribution is 2.39. The van der Waals surface area contributed by atoms with Gasteiger partial charge in [0.15, 0.2) is 0 Å². The summed E-state index contributed by atoms with van der Waals surface area (Å²) in [4.78, 5) is 11.5. The quantitative estimate of drug-likeness (QED) is 0.235. The number of carboxylic acid groups (broad SMARTS) is 1. The zero-order valence-electron chi connectivity index (χ0n) is 15.9. The average Bonchev–Trinajstić information content (AvgIpc) is 2.52. The van der Waals surface area contributed by atoms with Crippen molar-refractivity contribution in [2.45, 2.75) is 109 Å². The van der Waals surface area contributed by atoms with Crippen molar-refractivity contribution in [2.75, 3.05) is 0 Å². The first-order chi connectivity index (χ1) is 12.0. The summed E-state index contributed by atoms with van der Waals surface area (Å²) >= 11 is 0. The number of carbonyl (C=O) groups is 1. The molecule has 26 heavy (non-hydrogen) atoms. The number of hydrogen-bond donors (Lipinski definition) is 1. The number of halogens is 5. The van der Waals surface area contributed by atoms with E-state index in [1.54, 1.807) is 6.92 Å². The molecule has 0 saturated carbocycles. The van der Waals surface area contributed by atoms with Crippen LogP contribution < -0.4 is 0 Å². The van der Waals surface area contributed by atoms with E-state index in [0.717, 1.165) is 25.7 Å². The normalized spacial score (nSPS) is 15.0. The molecule has 0 aromatic rings. The molecule has 156 valence electrons. The van der Waals surface area contributed by atoms with Gasteiger partial charge in [0.2, 0.25) is 0 Å². The van der Waals surface area contributed by atoms with E-state index in [0.29, 0.717) is 19.3 Å². The lowest BCUT2D eigenvalue weighted by Crippen LogP contribution is -2.36. The number of unbranched alkanes of at least 4 members (excludes halogenated alkanes) is 8. The molecule has 0 aromatic carbocycles. The van der Waals surface area contributed by atoms with E-state index in [2.05, 4.69) is 6.92 Å². The Morgan fingerprint density at radius 1 is 0.731 bits per heavy atom. The minimum absolute atomic E-state index is 0.172. The Bertz CT molecular complexity index is 396. The van der Waals surface area contributed by atoms with E-state index in [1.807, 2.05) is 0 Å². The van der Waals surface area contributed by atoms with Gasteiger partial charge in [-0.3, -0.25) is 4.79 Å². The van der Waals surface area contributed by atoms with Crippen LogP contribution in [0.5, 0.6) is 0 Å². The molecule has 0 rings (SSSR count). The summed E-state index contributed by atoms with van der Waals surface area (Å²) in [6.45, 7) is 3.78. The van der Waals surface area contributed by atoms with Crippen LogP contribution in [0.3, 0.4) is 0 Å². The van der Waals surface area contributed by atoms with Crippen LogP contribution in [0.2, 0.25) is 0 Å². The van der Waals surface area contributed by atoms with Crippen LogP contribution in [0.4, 0.5) is 22.0 Å². The molecule has 2 nitrogen and oxygen atoms in total. The smallest absolute Gasteiger partial charge is 0.453 e. The Balaban J connectivity index is 4.09. The van der Waals surface area contributed by atoms with Gasteiger partial charge in [-0.25, -0.2) is 0 Å². The molecule has 0 amide bonds. The standard InChI is InChI=1S/C19H33F5O2/c1-3-4-5-6-7-8-10-13-17(2,16(25)26)14-11-9-12-15-18(20,21)19(22,23)24/h3-15H2,1-2H3,(H,25,26). The molecular weight excluding hydrogens is 355 g/mol. The van der Waals surface area contributed by atoms with Crippen LogP contribution in [0.25, 0.3) is 0 Å². The molecule has 1 unspecified atom stereocenters. The zero-order chi connectivity index (χ0) is 20.3. The summed E-state index contributed by atoms with van der Waals surface area (Å²) in [5.41, 5.74) is -0.935. The number of alkyl halides is 5. The average molecular weight is 388 g/mol. The molecule has 0 aromatic heterocycles. The largest absolute Gasteiger partial charge is 0.481 e. The molecule has 1 N–H and O–H groups in total. The molecule has 0 fully saturated rings. The molecule has 0 bridgehead atoms. The minimum atomic E-state index is -5.51. The molecule has 0 radical (unpaired) electrons. The Kier molecular flexibility index (Phi) is 11.4. The van der Waals surface area contributed by atoms with Crippen LogP contribution >= 0.6 is 0 Å². The summed E-state index contributed by atoms with van der Waals surface area (Å²) in [5, 5.41) is 9.43. The maximum Gasteiger partial charge on any atom is 0.453 e. The Hall–Kier alpha value is -0.880. The molecule has 0 saturated heterocycles. The zero-order valence-corrected chi connectivity index (χ0v) is 15.9. The molecule has 0 aliphatic carbocycles. The van der Waals surface area contributed by atoms with Gasteiger partial charge in [0.05, 0.1) is 5.41 Å². The van der Waals surface area contributed by atoms with Crippen molar-refractivity contribution < 1.29 is 31.9 Å². The third kappa shape index (κ3) is 9.72. The lowest BCUT2D eigenvalue weighted by Gasteiger charge is -2.25. The van der Waals surface area contributed by atoms with Crippen molar-refractivity contribution in [3.8, 4) is 0 Å². The van der Waals surface area contributed by atoms with E-state index in [1.165, 1.54) is 19.3 Å². The topological polar surface area (TPSA) is 37.3 Å². The van der Waals surface area contributed by atoms with Crippen LogP contribution in [0.15, 0.2) is 0 Å². The van der Waals surface area contributed by atoms with Gasteiger partial charge < -0.3 is 5.11 Å².